The smallest absolute Gasteiger partial charge is 0.191 e. The fraction of sp³-hybridized carbons (Fsp3) is 0.636. The molecule has 0 aliphatic carbocycles. The fourth-order valence-corrected chi connectivity index (χ4v) is 2.13. The molecule has 1 aromatic heterocycles. The molecule has 0 fully saturated rings. The van der Waals surface area contributed by atoms with Gasteiger partial charge in [0.2, 0.25) is 0 Å². The molecule has 0 amide bonds. The molecular formula is C11H20N4OS. The van der Waals surface area contributed by atoms with Crippen molar-refractivity contribution in [3.8, 4) is 0 Å². The van der Waals surface area contributed by atoms with Gasteiger partial charge in [-0.1, -0.05) is 0 Å². The lowest BCUT2D eigenvalue weighted by Crippen LogP contribution is -2.33. The van der Waals surface area contributed by atoms with Gasteiger partial charge in [0.05, 0.1) is 12.2 Å². The number of ether oxygens (including phenoxy) is 1. The van der Waals surface area contributed by atoms with Crippen LogP contribution in [-0.4, -0.2) is 36.5 Å². The molecule has 0 aliphatic rings. The molecule has 0 aromatic carbocycles. The molecule has 1 heterocycles. The third-order valence-corrected chi connectivity index (χ3v) is 3.44. The standard InChI is InChI=1S/C11H20N4OS/c1-5-13-11(12)15(3)6-9-7-17-10(14-9)8(2)16-4/h7-8H,5-6H2,1-4H3,(H2,12,13). The number of aliphatic imine (C=N–C) groups is 1. The Balaban J connectivity index is 2.63. The zero-order chi connectivity index (χ0) is 12.8. The molecule has 5 nitrogen and oxygen atoms in total. The van der Waals surface area contributed by atoms with Crippen molar-refractivity contribution in [3.63, 3.8) is 0 Å². The minimum Gasteiger partial charge on any atom is -0.375 e. The Morgan fingerprint density at radius 3 is 3.00 bits per heavy atom. The van der Waals surface area contributed by atoms with Gasteiger partial charge >= 0.3 is 0 Å². The average molecular weight is 256 g/mol. The molecule has 17 heavy (non-hydrogen) atoms. The average Bonchev–Trinajstić information content (AvgIpc) is 2.76. The molecule has 2 N–H and O–H groups in total. The van der Waals surface area contributed by atoms with Crippen LogP contribution in [0.15, 0.2) is 10.4 Å². The summed E-state index contributed by atoms with van der Waals surface area (Å²) in [6.45, 7) is 5.31. The predicted molar refractivity (Wildman–Crippen MR) is 71.2 cm³/mol. The van der Waals surface area contributed by atoms with E-state index in [9.17, 15) is 0 Å². The van der Waals surface area contributed by atoms with Crippen molar-refractivity contribution in [2.45, 2.75) is 26.5 Å². The summed E-state index contributed by atoms with van der Waals surface area (Å²) in [5.41, 5.74) is 6.79. The zero-order valence-electron chi connectivity index (χ0n) is 10.8. The molecule has 0 aliphatic heterocycles. The fourth-order valence-electron chi connectivity index (χ4n) is 1.29. The normalized spacial score (nSPS) is 13.8. The Kier molecular flexibility index (Phi) is 5.37. The van der Waals surface area contributed by atoms with Crippen molar-refractivity contribution in [3.05, 3.63) is 16.1 Å². The van der Waals surface area contributed by atoms with Crippen LogP contribution < -0.4 is 5.73 Å². The highest BCUT2D eigenvalue weighted by Gasteiger charge is 2.11. The summed E-state index contributed by atoms with van der Waals surface area (Å²) in [7, 11) is 3.59. The van der Waals surface area contributed by atoms with E-state index < -0.39 is 0 Å². The second kappa shape index (κ2) is 6.56. The van der Waals surface area contributed by atoms with E-state index in [1.165, 1.54) is 0 Å². The monoisotopic (exact) mass is 256 g/mol. The van der Waals surface area contributed by atoms with Gasteiger partial charge in [-0.3, -0.25) is 4.99 Å². The van der Waals surface area contributed by atoms with Gasteiger partial charge < -0.3 is 15.4 Å². The summed E-state index contributed by atoms with van der Waals surface area (Å²) in [5, 5.41) is 3.02. The lowest BCUT2D eigenvalue weighted by molar-refractivity contribution is 0.119. The highest BCUT2D eigenvalue weighted by atomic mass is 32.1. The third kappa shape index (κ3) is 3.98. The Hall–Kier alpha value is -1.14. The molecular weight excluding hydrogens is 236 g/mol. The molecule has 1 rings (SSSR count). The number of nitrogens with zero attached hydrogens (tertiary/aromatic N) is 3. The van der Waals surface area contributed by atoms with Crippen molar-refractivity contribution in [1.29, 1.82) is 0 Å². The van der Waals surface area contributed by atoms with Crippen LogP contribution in [0.3, 0.4) is 0 Å². The van der Waals surface area contributed by atoms with Crippen LogP contribution >= 0.6 is 11.3 Å². The van der Waals surface area contributed by atoms with Gasteiger partial charge in [-0.15, -0.1) is 11.3 Å². The Morgan fingerprint density at radius 2 is 2.41 bits per heavy atom. The van der Waals surface area contributed by atoms with E-state index in [2.05, 4.69) is 9.98 Å². The van der Waals surface area contributed by atoms with E-state index in [0.29, 0.717) is 19.0 Å². The maximum absolute atomic E-state index is 5.80. The van der Waals surface area contributed by atoms with Crippen LogP contribution in [0.4, 0.5) is 0 Å². The number of methoxy groups -OCH3 is 1. The number of guanidine groups is 1. The van der Waals surface area contributed by atoms with Crippen molar-refractivity contribution >= 4 is 17.3 Å². The summed E-state index contributed by atoms with van der Waals surface area (Å²) in [6.07, 6.45) is 0.0423. The summed E-state index contributed by atoms with van der Waals surface area (Å²) in [4.78, 5) is 10.5. The SMILES string of the molecule is CCN=C(N)N(C)Cc1csc(C(C)OC)n1. The topological polar surface area (TPSA) is 63.7 Å². The number of hydrogen-bond acceptors (Lipinski definition) is 4. The third-order valence-electron chi connectivity index (χ3n) is 2.38. The minimum atomic E-state index is 0.0423. The van der Waals surface area contributed by atoms with Crippen LogP contribution in [-0.2, 0) is 11.3 Å². The zero-order valence-corrected chi connectivity index (χ0v) is 11.6. The highest BCUT2D eigenvalue weighted by Crippen LogP contribution is 2.20. The summed E-state index contributed by atoms with van der Waals surface area (Å²) >= 11 is 1.61. The lowest BCUT2D eigenvalue weighted by Gasteiger charge is -2.16. The number of thiazole rings is 1. The number of aromatic nitrogens is 1. The number of nitrogens with two attached hydrogens (primary N) is 1. The van der Waals surface area contributed by atoms with E-state index in [4.69, 9.17) is 10.5 Å². The van der Waals surface area contributed by atoms with Gasteiger partial charge in [0.15, 0.2) is 5.96 Å². The maximum Gasteiger partial charge on any atom is 0.191 e. The van der Waals surface area contributed by atoms with Gasteiger partial charge in [0.25, 0.3) is 0 Å². The van der Waals surface area contributed by atoms with E-state index in [0.717, 1.165) is 10.7 Å². The van der Waals surface area contributed by atoms with Crippen LogP contribution in [0.25, 0.3) is 0 Å². The molecule has 1 atom stereocenters. The first kappa shape index (κ1) is 13.9. The molecule has 0 spiro atoms. The summed E-state index contributed by atoms with van der Waals surface area (Å²) < 4.78 is 5.23. The van der Waals surface area contributed by atoms with Crippen LogP contribution in [0.1, 0.15) is 30.7 Å². The Bertz CT molecular complexity index is 377. The second-order valence-corrected chi connectivity index (χ2v) is 4.63. The van der Waals surface area contributed by atoms with Gasteiger partial charge in [-0.25, -0.2) is 4.98 Å². The lowest BCUT2D eigenvalue weighted by atomic mass is 10.4. The largest absolute Gasteiger partial charge is 0.375 e. The van der Waals surface area contributed by atoms with Crippen molar-refractivity contribution in [2.24, 2.45) is 10.7 Å². The molecule has 1 unspecified atom stereocenters. The first-order valence-electron chi connectivity index (χ1n) is 5.56. The quantitative estimate of drug-likeness (QED) is 0.642. The van der Waals surface area contributed by atoms with Crippen molar-refractivity contribution < 1.29 is 4.74 Å². The number of rotatable bonds is 5. The van der Waals surface area contributed by atoms with E-state index in [-0.39, 0.29) is 6.10 Å². The molecule has 0 saturated heterocycles. The Labute approximate surface area is 106 Å². The molecule has 0 saturated carbocycles. The molecule has 0 bridgehead atoms. The van der Waals surface area contributed by atoms with Crippen LogP contribution in [0.5, 0.6) is 0 Å². The first-order chi connectivity index (χ1) is 8.08. The second-order valence-electron chi connectivity index (χ2n) is 3.74. The highest BCUT2D eigenvalue weighted by molar-refractivity contribution is 7.09. The first-order valence-corrected chi connectivity index (χ1v) is 6.44. The van der Waals surface area contributed by atoms with Crippen LogP contribution in [0, 0.1) is 0 Å². The molecule has 0 radical (unpaired) electrons. The van der Waals surface area contributed by atoms with E-state index in [1.807, 2.05) is 31.2 Å². The van der Waals surface area contributed by atoms with Gasteiger partial charge in [-0.05, 0) is 13.8 Å². The molecule has 96 valence electrons. The summed E-state index contributed by atoms with van der Waals surface area (Å²) in [5.74, 6) is 0.543. The molecule has 6 heteroatoms. The summed E-state index contributed by atoms with van der Waals surface area (Å²) in [6, 6.07) is 0. The van der Waals surface area contributed by atoms with Crippen LogP contribution in [0.2, 0.25) is 0 Å². The molecule has 1 aromatic rings. The number of hydrogen-bond donors (Lipinski definition) is 1. The van der Waals surface area contributed by atoms with Gasteiger partial charge in [0, 0.05) is 26.1 Å². The minimum absolute atomic E-state index is 0.0423. The Morgan fingerprint density at radius 1 is 1.71 bits per heavy atom. The van der Waals surface area contributed by atoms with Gasteiger partial charge in [0.1, 0.15) is 11.1 Å². The van der Waals surface area contributed by atoms with Crippen molar-refractivity contribution in [1.82, 2.24) is 9.88 Å². The van der Waals surface area contributed by atoms with E-state index >= 15 is 0 Å². The van der Waals surface area contributed by atoms with Crippen molar-refractivity contribution in [2.75, 3.05) is 20.7 Å². The van der Waals surface area contributed by atoms with Gasteiger partial charge in [-0.2, -0.15) is 0 Å². The predicted octanol–water partition coefficient (Wildman–Crippen LogP) is 1.62. The van der Waals surface area contributed by atoms with E-state index in [1.54, 1.807) is 18.4 Å². The maximum atomic E-state index is 5.80.